The van der Waals surface area contributed by atoms with E-state index in [0.29, 0.717) is 0 Å². The summed E-state index contributed by atoms with van der Waals surface area (Å²) < 4.78 is 3.58. The predicted molar refractivity (Wildman–Crippen MR) is 52.9 cm³/mol. The van der Waals surface area contributed by atoms with Crippen molar-refractivity contribution in [2.24, 2.45) is 0 Å². The molecule has 0 amide bonds. The summed E-state index contributed by atoms with van der Waals surface area (Å²) in [6, 6.07) is 0. The van der Waals surface area contributed by atoms with Crippen LogP contribution in [0.25, 0.3) is 0 Å². The molecule has 0 nitrogen and oxygen atoms in total. The molecule has 67 valence electrons. The van der Waals surface area contributed by atoms with Crippen LogP contribution in [-0.2, 0) is 19.8 Å². The standard InChI is InChI=1S/2C6H7.Ta/c2*1-6-4-2-3-5-6;/h2*2,4H,3H2,1H3;. The molecule has 0 bridgehead atoms. The molecule has 0 saturated carbocycles. The Morgan fingerprint density at radius 1 is 0.923 bits per heavy atom. The molecule has 13 heavy (non-hydrogen) atoms. The van der Waals surface area contributed by atoms with E-state index < -0.39 is 19.8 Å². The van der Waals surface area contributed by atoms with Gasteiger partial charge in [-0.05, 0) is 0 Å². The van der Waals surface area contributed by atoms with Crippen LogP contribution in [0.5, 0.6) is 0 Å². The van der Waals surface area contributed by atoms with Crippen LogP contribution in [0.4, 0.5) is 0 Å². The summed E-state index contributed by atoms with van der Waals surface area (Å²) in [5.41, 5.74) is 3.12. The maximum atomic E-state index is 2.31. The monoisotopic (exact) mass is 339 g/mol. The van der Waals surface area contributed by atoms with Crippen LogP contribution in [0.3, 0.4) is 0 Å². The first-order chi connectivity index (χ1) is 6.27. The molecule has 0 aliphatic heterocycles. The van der Waals surface area contributed by atoms with Crippen molar-refractivity contribution in [2.45, 2.75) is 26.7 Å². The SMILES string of the molecule is CC1=[C]([Ta][C]2=C(C)C=CC2)CC=C1. The van der Waals surface area contributed by atoms with E-state index in [1.54, 1.807) is 18.7 Å². The van der Waals surface area contributed by atoms with Crippen LogP contribution in [0.2, 0.25) is 0 Å². The van der Waals surface area contributed by atoms with Gasteiger partial charge in [-0.2, -0.15) is 0 Å². The van der Waals surface area contributed by atoms with E-state index >= 15 is 0 Å². The molecule has 0 unspecified atom stereocenters. The zero-order valence-electron chi connectivity index (χ0n) is 8.17. The maximum absolute atomic E-state index is 2.31. The summed E-state index contributed by atoms with van der Waals surface area (Å²) >= 11 is -0.483. The fourth-order valence-electron chi connectivity index (χ4n) is 1.64. The van der Waals surface area contributed by atoms with E-state index in [2.05, 4.69) is 38.2 Å². The molecule has 0 N–H and O–H groups in total. The van der Waals surface area contributed by atoms with E-state index in [1.165, 1.54) is 12.8 Å². The molecule has 0 aromatic carbocycles. The van der Waals surface area contributed by atoms with Gasteiger partial charge < -0.3 is 0 Å². The fourth-order valence-corrected chi connectivity index (χ4v) is 6.03. The van der Waals surface area contributed by atoms with Gasteiger partial charge in [-0.1, -0.05) is 0 Å². The first-order valence-electron chi connectivity index (χ1n) is 4.71. The minimum atomic E-state index is -0.483. The zero-order chi connectivity index (χ0) is 9.26. The van der Waals surface area contributed by atoms with Gasteiger partial charge in [0, 0.05) is 0 Å². The normalized spacial score (nSPS) is 20.8. The number of hydrogen-bond donors (Lipinski definition) is 0. The topological polar surface area (TPSA) is 0 Å². The molecular formula is C12H14Ta. The summed E-state index contributed by atoms with van der Waals surface area (Å²) in [6.45, 7) is 4.53. The molecule has 0 aromatic rings. The van der Waals surface area contributed by atoms with Crippen molar-refractivity contribution in [1.82, 2.24) is 0 Å². The van der Waals surface area contributed by atoms with Crippen molar-refractivity contribution < 1.29 is 19.8 Å². The molecule has 0 aromatic heterocycles. The van der Waals surface area contributed by atoms with Crippen molar-refractivity contribution in [2.75, 3.05) is 0 Å². The van der Waals surface area contributed by atoms with Crippen molar-refractivity contribution in [3.63, 3.8) is 0 Å². The average molecular weight is 339 g/mol. The van der Waals surface area contributed by atoms with Gasteiger partial charge in [-0.3, -0.25) is 0 Å². The van der Waals surface area contributed by atoms with E-state index in [9.17, 15) is 0 Å². The van der Waals surface area contributed by atoms with Crippen LogP contribution < -0.4 is 0 Å². The Morgan fingerprint density at radius 3 is 1.69 bits per heavy atom. The second kappa shape index (κ2) is 3.83. The van der Waals surface area contributed by atoms with Crippen LogP contribution >= 0.6 is 0 Å². The summed E-state index contributed by atoms with van der Waals surface area (Å²) in [4.78, 5) is 0. The fraction of sp³-hybridized carbons (Fsp3) is 0.333. The molecule has 2 rings (SSSR count). The third kappa shape index (κ3) is 1.96. The molecule has 2 aliphatic carbocycles. The Hall–Kier alpha value is -0.300. The molecule has 2 aliphatic rings. The van der Waals surface area contributed by atoms with Gasteiger partial charge in [0.25, 0.3) is 0 Å². The Morgan fingerprint density at radius 2 is 1.38 bits per heavy atom. The molecule has 0 saturated heterocycles. The minimum absolute atomic E-state index is 0.483. The van der Waals surface area contributed by atoms with Gasteiger partial charge in [0.2, 0.25) is 0 Å². The van der Waals surface area contributed by atoms with Crippen molar-refractivity contribution >= 4 is 0 Å². The molecule has 0 radical (unpaired) electrons. The summed E-state index contributed by atoms with van der Waals surface area (Å²) in [6.07, 6.45) is 11.7. The van der Waals surface area contributed by atoms with E-state index in [-0.39, 0.29) is 0 Å². The van der Waals surface area contributed by atoms with Crippen molar-refractivity contribution in [1.29, 1.82) is 0 Å². The predicted octanol–water partition coefficient (Wildman–Crippen LogP) is 3.54. The molecule has 0 spiro atoms. The quantitative estimate of drug-likeness (QED) is 0.722. The van der Waals surface area contributed by atoms with Crippen molar-refractivity contribution in [3.8, 4) is 0 Å². The second-order valence-corrected chi connectivity index (χ2v) is 8.27. The Bertz CT molecular complexity index is 306. The van der Waals surface area contributed by atoms with Crippen LogP contribution in [-0.4, -0.2) is 0 Å². The first kappa shape index (κ1) is 9.26. The van der Waals surface area contributed by atoms with Gasteiger partial charge in [0.15, 0.2) is 0 Å². The van der Waals surface area contributed by atoms with Gasteiger partial charge in [0.05, 0.1) is 0 Å². The zero-order valence-corrected chi connectivity index (χ0v) is 11.4. The van der Waals surface area contributed by atoms with E-state index in [4.69, 9.17) is 0 Å². The van der Waals surface area contributed by atoms with Crippen LogP contribution in [0, 0.1) is 0 Å². The van der Waals surface area contributed by atoms with Crippen LogP contribution in [0.15, 0.2) is 43.0 Å². The number of hydrogen-bond acceptors (Lipinski definition) is 0. The van der Waals surface area contributed by atoms with E-state index in [0.717, 1.165) is 0 Å². The van der Waals surface area contributed by atoms with Gasteiger partial charge in [-0.25, -0.2) is 0 Å². The number of allylic oxidation sites excluding steroid dienone is 8. The third-order valence-electron chi connectivity index (χ3n) is 2.54. The summed E-state index contributed by atoms with van der Waals surface area (Å²) in [5, 5.41) is 0. The molecule has 0 heterocycles. The van der Waals surface area contributed by atoms with Gasteiger partial charge in [-0.15, -0.1) is 0 Å². The van der Waals surface area contributed by atoms with Crippen molar-refractivity contribution in [3.05, 3.63) is 43.0 Å². The Balaban J connectivity index is 2.08. The molecule has 0 fully saturated rings. The van der Waals surface area contributed by atoms with Crippen LogP contribution in [0.1, 0.15) is 26.7 Å². The summed E-state index contributed by atoms with van der Waals surface area (Å²) in [5.74, 6) is 0. The second-order valence-electron chi connectivity index (χ2n) is 3.58. The Labute approximate surface area is 89.4 Å². The van der Waals surface area contributed by atoms with Gasteiger partial charge in [0.1, 0.15) is 0 Å². The van der Waals surface area contributed by atoms with E-state index in [1.807, 2.05) is 0 Å². The Kier molecular flexibility index (Phi) is 2.73. The van der Waals surface area contributed by atoms with Gasteiger partial charge >= 0.3 is 89.5 Å². The molecule has 1 heteroatoms. The average Bonchev–Trinajstić information content (AvgIpc) is 2.65. The third-order valence-corrected chi connectivity index (χ3v) is 8.32. The molecular weight excluding hydrogens is 325 g/mol. The first-order valence-corrected chi connectivity index (χ1v) is 7.93. The summed E-state index contributed by atoms with van der Waals surface area (Å²) in [7, 11) is 0. The number of rotatable bonds is 2. The molecule has 0 atom stereocenters.